The van der Waals surface area contributed by atoms with Gasteiger partial charge in [-0.2, -0.15) is 4.31 Å². The Kier molecular flexibility index (Phi) is 7.17. The van der Waals surface area contributed by atoms with E-state index in [1.165, 1.54) is 34.6 Å². The van der Waals surface area contributed by atoms with Crippen LogP contribution in [-0.2, 0) is 14.8 Å². The number of nitrogens with zero attached hydrogens (tertiary/aromatic N) is 2. The Balaban J connectivity index is 1.66. The minimum absolute atomic E-state index is 0.142. The van der Waals surface area contributed by atoms with Gasteiger partial charge in [0.2, 0.25) is 10.0 Å². The molecular weight excluding hydrogens is 467 g/mol. The number of anilines is 1. The van der Waals surface area contributed by atoms with E-state index >= 15 is 0 Å². The van der Waals surface area contributed by atoms with E-state index in [1.54, 1.807) is 19.1 Å². The van der Waals surface area contributed by atoms with E-state index in [9.17, 15) is 23.3 Å². The molecule has 1 fully saturated rings. The van der Waals surface area contributed by atoms with Crippen LogP contribution in [0.5, 0.6) is 0 Å². The Labute approximate surface area is 189 Å². The molecule has 1 aliphatic heterocycles. The Morgan fingerprint density at radius 1 is 1.19 bits per heavy atom. The molecule has 2 aromatic carbocycles. The normalized spacial score (nSPS) is 16.6. The Hall–Kier alpha value is -2.24. The summed E-state index contributed by atoms with van der Waals surface area (Å²) in [4.78, 5) is 23.7. The minimum Gasteiger partial charge on any atom is -0.323 e. The van der Waals surface area contributed by atoms with Gasteiger partial charge in [0.1, 0.15) is 0 Å². The highest BCUT2D eigenvalue weighted by Crippen LogP contribution is 2.27. The van der Waals surface area contributed by atoms with Crippen LogP contribution in [0.2, 0.25) is 10.0 Å². The van der Waals surface area contributed by atoms with Crippen molar-refractivity contribution in [2.45, 2.75) is 17.9 Å². The number of para-hydroxylation sites is 1. The Morgan fingerprint density at radius 3 is 2.45 bits per heavy atom. The van der Waals surface area contributed by atoms with Crippen LogP contribution in [0.3, 0.4) is 0 Å². The predicted octanol–water partition coefficient (Wildman–Crippen LogP) is 1.82. The van der Waals surface area contributed by atoms with E-state index < -0.39 is 26.7 Å². The molecule has 0 saturated carbocycles. The van der Waals surface area contributed by atoms with Gasteiger partial charge in [0.15, 0.2) is 10.9 Å². The van der Waals surface area contributed by atoms with Crippen molar-refractivity contribution in [3.8, 4) is 0 Å². The fourth-order valence-corrected chi connectivity index (χ4v) is 5.48. The van der Waals surface area contributed by atoms with Crippen LogP contribution in [0.15, 0.2) is 47.4 Å². The molecule has 2 aromatic rings. The molecule has 2 N–H and O–H groups in total. The molecule has 0 aromatic heterocycles. The highest BCUT2D eigenvalue weighted by Gasteiger charge is 2.37. The number of hydrogen-bond donors (Lipinski definition) is 2. The van der Waals surface area contributed by atoms with Crippen molar-refractivity contribution in [1.29, 1.82) is 0 Å². The number of nitrogens with one attached hydrogen (secondary N) is 2. The van der Waals surface area contributed by atoms with Crippen molar-refractivity contribution in [2.75, 3.05) is 31.5 Å². The molecule has 166 valence electrons. The van der Waals surface area contributed by atoms with E-state index in [2.05, 4.69) is 5.32 Å². The number of quaternary nitrogens is 1. The van der Waals surface area contributed by atoms with Gasteiger partial charge in [-0.05, 0) is 31.2 Å². The molecule has 0 radical (unpaired) electrons. The number of carbonyl (C=O) groups is 1. The van der Waals surface area contributed by atoms with Crippen LogP contribution in [0, 0.1) is 10.1 Å². The zero-order valence-corrected chi connectivity index (χ0v) is 18.9. The van der Waals surface area contributed by atoms with Gasteiger partial charge in [-0.3, -0.25) is 14.9 Å². The molecule has 1 aliphatic rings. The monoisotopic (exact) mass is 487 g/mol. The number of halogens is 2. The van der Waals surface area contributed by atoms with Crippen molar-refractivity contribution in [2.24, 2.45) is 0 Å². The fraction of sp³-hybridized carbons (Fsp3) is 0.316. The SMILES string of the molecule is C[C@H](C(=O)Nc1ccc(Cl)cc1Cl)[NH+]1CCN(S(=O)(=O)c2ccccc2[N+](=O)[O-])CC1. The molecule has 0 bridgehead atoms. The van der Waals surface area contributed by atoms with Crippen LogP contribution in [0.1, 0.15) is 6.92 Å². The maximum absolute atomic E-state index is 12.9. The van der Waals surface area contributed by atoms with Crippen molar-refractivity contribution < 1.29 is 23.0 Å². The molecule has 31 heavy (non-hydrogen) atoms. The molecule has 9 nitrogen and oxygen atoms in total. The van der Waals surface area contributed by atoms with E-state index in [1.807, 2.05) is 0 Å². The standard InChI is InChI=1S/C19H20Cl2N4O5S/c1-13(19(26)22-16-7-6-14(20)12-15(16)21)23-8-10-24(11-9-23)31(29,30)18-5-3-2-4-17(18)25(27)28/h2-7,12-13H,8-11H2,1H3,(H,22,26)/p+1/t13-/m1/s1. The number of nitro groups is 1. The maximum atomic E-state index is 12.9. The first kappa shape index (κ1) is 23.4. The lowest BCUT2D eigenvalue weighted by Gasteiger charge is -2.34. The van der Waals surface area contributed by atoms with Gasteiger partial charge in [-0.25, -0.2) is 8.42 Å². The van der Waals surface area contributed by atoms with E-state index in [-0.39, 0.29) is 23.9 Å². The first-order valence-corrected chi connectivity index (χ1v) is 11.6. The van der Waals surface area contributed by atoms with Gasteiger partial charge in [-0.1, -0.05) is 35.3 Å². The maximum Gasteiger partial charge on any atom is 0.289 e. The molecule has 0 unspecified atom stereocenters. The quantitative estimate of drug-likeness (QED) is 0.476. The molecule has 3 rings (SSSR count). The predicted molar refractivity (Wildman–Crippen MR) is 117 cm³/mol. The summed E-state index contributed by atoms with van der Waals surface area (Å²) in [7, 11) is -4.02. The Morgan fingerprint density at radius 2 is 1.84 bits per heavy atom. The number of rotatable bonds is 6. The fourth-order valence-electron chi connectivity index (χ4n) is 3.43. The second-order valence-corrected chi connectivity index (χ2v) is 9.87. The number of amides is 1. The molecule has 0 aliphatic carbocycles. The number of hydrogen-bond acceptors (Lipinski definition) is 5. The van der Waals surface area contributed by atoms with Crippen molar-refractivity contribution in [1.82, 2.24) is 4.31 Å². The first-order valence-electron chi connectivity index (χ1n) is 9.45. The molecule has 1 amide bonds. The highest BCUT2D eigenvalue weighted by atomic mass is 35.5. The largest absolute Gasteiger partial charge is 0.323 e. The third-order valence-corrected chi connectivity index (χ3v) is 7.73. The van der Waals surface area contributed by atoms with E-state index in [0.717, 1.165) is 4.90 Å². The topological polar surface area (TPSA) is 114 Å². The average molecular weight is 488 g/mol. The van der Waals surface area contributed by atoms with Crippen LogP contribution in [0.4, 0.5) is 11.4 Å². The highest BCUT2D eigenvalue weighted by molar-refractivity contribution is 7.89. The lowest BCUT2D eigenvalue weighted by atomic mass is 10.2. The lowest BCUT2D eigenvalue weighted by molar-refractivity contribution is -0.917. The van der Waals surface area contributed by atoms with Gasteiger partial charge in [0.05, 0.1) is 41.8 Å². The molecule has 1 atom stereocenters. The smallest absolute Gasteiger partial charge is 0.289 e. The van der Waals surface area contributed by atoms with Gasteiger partial charge >= 0.3 is 0 Å². The molecule has 12 heteroatoms. The summed E-state index contributed by atoms with van der Waals surface area (Å²) in [6.07, 6.45) is 0. The first-order chi connectivity index (χ1) is 14.6. The number of nitro benzene ring substituents is 1. The van der Waals surface area contributed by atoms with E-state index in [0.29, 0.717) is 28.8 Å². The summed E-state index contributed by atoms with van der Waals surface area (Å²) < 4.78 is 27.1. The Bertz CT molecular complexity index is 1100. The van der Waals surface area contributed by atoms with Gasteiger partial charge in [0, 0.05) is 11.1 Å². The summed E-state index contributed by atoms with van der Waals surface area (Å²) >= 11 is 12.0. The second kappa shape index (κ2) is 9.49. The summed E-state index contributed by atoms with van der Waals surface area (Å²) in [5, 5.41) is 14.8. The summed E-state index contributed by atoms with van der Waals surface area (Å²) in [6.45, 7) is 2.79. The third-order valence-electron chi connectivity index (χ3n) is 5.24. The van der Waals surface area contributed by atoms with Gasteiger partial charge in [-0.15, -0.1) is 0 Å². The number of carbonyl (C=O) groups excluding carboxylic acids is 1. The average Bonchev–Trinajstić information content (AvgIpc) is 2.75. The summed E-state index contributed by atoms with van der Waals surface area (Å²) in [5.74, 6) is -0.255. The van der Waals surface area contributed by atoms with Crippen LogP contribution < -0.4 is 10.2 Å². The molecule has 1 heterocycles. The van der Waals surface area contributed by atoms with Crippen molar-refractivity contribution in [3.63, 3.8) is 0 Å². The molecule has 1 saturated heterocycles. The molecule has 0 spiro atoms. The van der Waals surface area contributed by atoms with Crippen LogP contribution >= 0.6 is 23.2 Å². The van der Waals surface area contributed by atoms with Crippen molar-refractivity contribution >= 4 is 50.5 Å². The number of sulfonamides is 1. The van der Waals surface area contributed by atoms with Gasteiger partial charge < -0.3 is 10.2 Å². The number of benzene rings is 2. The van der Waals surface area contributed by atoms with Crippen LogP contribution in [0.25, 0.3) is 0 Å². The zero-order valence-electron chi connectivity index (χ0n) is 16.5. The summed E-state index contributed by atoms with van der Waals surface area (Å²) in [5.41, 5.74) is -0.00946. The minimum atomic E-state index is -4.02. The van der Waals surface area contributed by atoms with Crippen LogP contribution in [-0.4, -0.2) is 55.8 Å². The summed E-state index contributed by atoms with van der Waals surface area (Å²) in [6, 6.07) is 9.59. The zero-order chi connectivity index (χ0) is 22.8. The van der Waals surface area contributed by atoms with Crippen molar-refractivity contribution in [3.05, 3.63) is 62.6 Å². The third kappa shape index (κ3) is 5.16. The lowest BCUT2D eigenvalue weighted by Crippen LogP contribution is -3.19. The number of piperazine rings is 1. The van der Waals surface area contributed by atoms with Gasteiger partial charge in [0.25, 0.3) is 11.6 Å². The second-order valence-electron chi connectivity index (χ2n) is 7.12. The van der Waals surface area contributed by atoms with E-state index in [4.69, 9.17) is 23.2 Å². The molecular formula is C19H21Cl2N4O5S+.